The number of amides is 1. The Morgan fingerprint density at radius 2 is 1.61 bits per heavy atom. The predicted octanol–water partition coefficient (Wildman–Crippen LogP) is 5.04. The number of benzene rings is 3. The molecule has 36 heavy (non-hydrogen) atoms. The van der Waals surface area contributed by atoms with Gasteiger partial charge in [0, 0.05) is 15.4 Å². The van der Waals surface area contributed by atoms with Gasteiger partial charge in [-0.1, -0.05) is 48.2 Å². The average Bonchev–Trinajstić information content (AvgIpc) is 2.90. The van der Waals surface area contributed by atoms with E-state index < -0.39 is 23.4 Å². The molecule has 1 atom stereocenters. The minimum absolute atomic E-state index is 0.00646. The normalized spacial score (nSPS) is 11.6. The molecule has 0 radical (unpaired) electrons. The Labute approximate surface area is 212 Å². The molecule has 0 saturated carbocycles. The first-order valence-electron chi connectivity index (χ1n) is 11.2. The van der Waals surface area contributed by atoms with Gasteiger partial charge in [0.2, 0.25) is 5.91 Å². The van der Waals surface area contributed by atoms with Crippen LogP contribution in [0.3, 0.4) is 0 Å². The average molecular weight is 502 g/mol. The van der Waals surface area contributed by atoms with Crippen LogP contribution in [0.5, 0.6) is 0 Å². The maximum absolute atomic E-state index is 13.7. The summed E-state index contributed by atoms with van der Waals surface area (Å²) < 4.78 is 14.3. The number of nitrogens with zero attached hydrogens (tertiary/aromatic N) is 1. The summed E-state index contributed by atoms with van der Waals surface area (Å²) in [5.74, 6) is -1.25. The molecule has 0 saturated heterocycles. The number of halogens is 1. The van der Waals surface area contributed by atoms with Crippen molar-refractivity contribution in [3.63, 3.8) is 0 Å². The van der Waals surface area contributed by atoms with Gasteiger partial charge in [0.05, 0.1) is 11.7 Å². The zero-order chi connectivity index (χ0) is 25.7. The first-order chi connectivity index (χ1) is 17.4. The summed E-state index contributed by atoms with van der Waals surface area (Å²) in [5, 5.41) is 5.44. The maximum Gasteiger partial charge on any atom is 0.281 e. The number of nitrogens with one attached hydrogen (secondary N) is 2. The largest absolute Gasteiger partial charge is 0.320 e. The predicted molar refractivity (Wildman–Crippen MR) is 140 cm³/mol. The van der Waals surface area contributed by atoms with Gasteiger partial charge < -0.3 is 10.6 Å². The highest BCUT2D eigenvalue weighted by Gasteiger charge is 2.20. The Morgan fingerprint density at radius 1 is 0.889 bits per heavy atom. The lowest BCUT2D eigenvalue weighted by molar-refractivity contribution is -0.117. The summed E-state index contributed by atoms with van der Waals surface area (Å²) in [7, 11) is 1.64. The molecule has 3 aromatic carbocycles. The Bertz CT molecular complexity index is 1450. The van der Waals surface area contributed by atoms with Crippen molar-refractivity contribution in [3.05, 3.63) is 113 Å². The number of aromatic nitrogens is 1. The fourth-order valence-electron chi connectivity index (χ4n) is 3.50. The summed E-state index contributed by atoms with van der Waals surface area (Å²) in [5.41, 5.74) is 0.762. The zero-order valence-corrected chi connectivity index (χ0v) is 20.5. The van der Waals surface area contributed by atoms with E-state index in [4.69, 9.17) is 0 Å². The highest BCUT2D eigenvalue weighted by Crippen LogP contribution is 2.29. The maximum atomic E-state index is 13.7. The standard InChI is InChI=1S/C28H24FN3O3S/c1-18(30-2)26(33)31-24-15-16-25(19-7-4-3-5-8-19)32(28(24)35)27(34)20-9-6-10-23(17-20)36-22-13-11-21(29)12-14-22/h3-18,30H,1-2H3,(H,31,33)/t18-/m0/s1. The Balaban J connectivity index is 1.76. The van der Waals surface area contributed by atoms with Crippen molar-refractivity contribution in [2.75, 3.05) is 12.4 Å². The quantitative estimate of drug-likeness (QED) is 0.371. The number of rotatable bonds is 7. The molecular formula is C28H24FN3O3S. The second-order valence-electron chi connectivity index (χ2n) is 8.03. The van der Waals surface area contributed by atoms with Crippen LogP contribution >= 0.6 is 11.8 Å². The third kappa shape index (κ3) is 5.62. The van der Waals surface area contributed by atoms with Crippen molar-refractivity contribution in [2.45, 2.75) is 22.8 Å². The van der Waals surface area contributed by atoms with Crippen LogP contribution in [0.25, 0.3) is 11.3 Å². The van der Waals surface area contributed by atoms with E-state index in [1.165, 1.54) is 30.0 Å². The van der Waals surface area contributed by atoms with E-state index in [0.29, 0.717) is 16.8 Å². The van der Waals surface area contributed by atoms with Crippen LogP contribution in [0.2, 0.25) is 0 Å². The van der Waals surface area contributed by atoms with E-state index >= 15 is 0 Å². The molecule has 0 bridgehead atoms. The van der Waals surface area contributed by atoms with Crippen molar-refractivity contribution in [1.82, 2.24) is 9.88 Å². The molecule has 0 aliphatic rings. The molecule has 0 fully saturated rings. The van der Waals surface area contributed by atoms with Crippen LogP contribution in [-0.4, -0.2) is 29.5 Å². The molecule has 8 heteroatoms. The SMILES string of the molecule is CN[C@@H](C)C(=O)Nc1ccc(-c2ccccc2)n(C(=O)c2cccc(Sc3ccc(F)cc3)c2)c1=O. The van der Waals surface area contributed by atoms with Gasteiger partial charge in [-0.2, -0.15) is 0 Å². The number of hydrogen-bond acceptors (Lipinski definition) is 5. The van der Waals surface area contributed by atoms with E-state index in [9.17, 15) is 18.8 Å². The molecule has 0 aliphatic carbocycles. The van der Waals surface area contributed by atoms with Gasteiger partial charge in [-0.25, -0.2) is 8.96 Å². The van der Waals surface area contributed by atoms with Gasteiger partial charge in [0.1, 0.15) is 11.5 Å². The van der Waals surface area contributed by atoms with Gasteiger partial charge in [0.15, 0.2) is 0 Å². The van der Waals surface area contributed by atoms with Crippen LogP contribution in [0.4, 0.5) is 10.1 Å². The van der Waals surface area contributed by atoms with Crippen molar-refractivity contribution in [1.29, 1.82) is 0 Å². The van der Waals surface area contributed by atoms with Gasteiger partial charge in [-0.05, 0) is 74.1 Å². The van der Waals surface area contributed by atoms with Crippen LogP contribution in [-0.2, 0) is 4.79 Å². The van der Waals surface area contributed by atoms with E-state index in [2.05, 4.69) is 10.6 Å². The number of likely N-dealkylation sites (N-methyl/N-ethyl adjacent to an activating group) is 1. The van der Waals surface area contributed by atoms with Crippen LogP contribution in [0.15, 0.2) is 106 Å². The number of pyridine rings is 1. The number of anilines is 1. The molecule has 0 spiro atoms. The molecule has 0 unspecified atom stereocenters. The van der Waals surface area contributed by atoms with Crippen molar-refractivity contribution >= 4 is 29.3 Å². The van der Waals surface area contributed by atoms with E-state index in [1.807, 2.05) is 24.3 Å². The summed E-state index contributed by atoms with van der Waals surface area (Å²) in [6.07, 6.45) is 0. The van der Waals surface area contributed by atoms with E-state index in [1.54, 1.807) is 62.5 Å². The van der Waals surface area contributed by atoms with Crippen molar-refractivity contribution in [3.8, 4) is 11.3 Å². The van der Waals surface area contributed by atoms with E-state index in [-0.39, 0.29) is 11.5 Å². The minimum atomic E-state index is -0.630. The monoisotopic (exact) mass is 501 g/mol. The van der Waals surface area contributed by atoms with Gasteiger partial charge in [-0.3, -0.25) is 14.4 Å². The molecule has 182 valence electrons. The third-order valence-electron chi connectivity index (χ3n) is 5.57. The van der Waals surface area contributed by atoms with Crippen LogP contribution in [0.1, 0.15) is 17.3 Å². The fourth-order valence-corrected chi connectivity index (χ4v) is 4.38. The second-order valence-corrected chi connectivity index (χ2v) is 9.17. The van der Waals surface area contributed by atoms with Gasteiger partial charge in [-0.15, -0.1) is 0 Å². The second kappa shape index (κ2) is 11.2. The number of hydrogen-bond donors (Lipinski definition) is 2. The lowest BCUT2D eigenvalue weighted by Gasteiger charge is -2.16. The third-order valence-corrected chi connectivity index (χ3v) is 6.57. The summed E-state index contributed by atoms with van der Waals surface area (Å²) >= 11 is 1.37. The summed E-state index contributed by atoms with van der Waals surface area (Å²) in [6.45, 7) is 1.67. The molecule has 1 heterocycles. The fraction of sp³-hybridized carbons (Fsp3) is 0.107. The molecule has 6 nitrogen and oxygen atoms in total. The van der Waals surface area contributed by atoms with Crippen LogP contribution in [0, 0.1) is 5.82 Å². The molecule has 0 aliphatic heterocycles. The molecular weight excluding hydrogens is 477 g/mol. The zero-order valence-electron chi connectivity index (χ0n) is 19.7. The highest BCUT2D eigenvalue weighted by molar-refractivity contribution is 7.99. The molecule has 1 aromatic heterocycles. The first kappa shape index (κ1) is 25.1. The Hall–Kier alpha value is -4.01. The topological polar surface area (TPSA) is 80.2 Å². The molecule has 4 aromatic rings. The molecule has 4 rings (SSSR count). The Kier molecular flexibility index (Phi) is 7.77. The lowest BCUT2D eigenvalue weighted by atomic mass is 10.1. The van der Waals surface area contributed by atoms with Gasteiger partial charge >= 0.3 is 0 Å². The highest BCUT2D eigenvalue weighted by atomic mass is 32.2. The van der Waals surface area contributed by atoms with Gasteiger partial charge in [0.25, 0.3) is 11.5 Å². The smallest absolute Gasteiger partial charge is 0.281 e. The van der Waals surface area contributed by atoms with Crippen LogP contribution < -0.4 is 16.2 Å². The number of carbonyl (C=O) groups is 2. The lowest BCUT2D eigenvalue weighted by Crippen LogP contribution is -2.38. The molecule has 1 amide bonds. The first-order valence-corrected chi connectivity index (χ1v) is 12.1. The minimum Gasteiger partial charge on any atom is -0.320 e. The van der Waals surface area contributed by atoms with E-state index in [0.717, 1.165) is 14.4 Å². The van der Waals surface area contributed by atoms with Crippen molar-refractivity contribution < 1.29 is 14.0 Å². The number of carbonyl (C=O) groups excluding carboxylic acids is 2. The summed E-state index contributed by atoms with van der Waals surface area (Å²) in [4.78, 5) is 41.2. The Morgan fingerprint density at radius 3 is 2.31 bits per heavy atom. The summed E-state index contributed by atoms with van der Waals surface area (Å²) in [6, 6.07) is 24.7. The molecule has 2 N–H and O–H groups in total. The van der Waals surface area contributed by atoms with Crippen molar-refractivity contribution in [2.24, 2.45) is 0 Å².